The first-order valence-electron chi connectivity index (χ1n) is 5.42. The maximum atomic E-state index is 11.6. The van der Waals surface area contributed by atoms with E-state index in [2.05, 4.69) is 10.0 Å². The van der Waals surface area contributed by atoms with Crippen LogP contribution in [0.25, 0.3) is 0 Å². The largest absolute Gasteiger partial charge is 0.316 e. The molecule has 0 spiro atoms. The summed E-state index contributed by atoms with van der Waals surface area (Å²) in [6.45, 7) is 3.32. The minimum absolute atomic E-state index is 0.165. The number of rotatable bonds is 6. The monoisotopic (exact) mass is 252 g/mol. The van der Waals surface area contributed by atoms with Gasteiger partial charge in [-0.25, -0.2) is 13.1 Å². The van der Waals surface area contributed by atoms with Crippen molar-refractivity contribution in [3.8, 4) is 0 Å². The first-order valence-corrected chi connectivity index (χ1v) is 8.23. The van der Waals surface area contributed by atoms with Crippen molar-refractivity contribution in [2.45, 2.75) is 25.8 Å². The first-order chi connectivity index (χ1) is 7.14. The second-order valence-electron chi connectivity index (χ2n) is 3.68. The van der Waals surface area contributed by atoms with Crippen molar-refractivity contribution in [2.24, 2.45) is 0 Å². The van der Waals surface area contributed by atoms with Crippen molar-refractivity contribution < 1.29 is 8.42 Å². The van der Waals surface area contributed by atoms with Gasteiger partial charge in [-0.15, -0.1) is 0 Å². The van der Waals surface area contributed by atoms with Crippen molar-refractivity contribution in [1.82, 2.24) is 10.0 Å². The Morgan fingerprint density at radius 2 is 2.00 bits per heavy atom. The highest BCUT2D eigenvalue weighted by atomic mass is 32.2. The standard InChI is InChI=1S/C9H20N2O2S2/c1-2-10-5-8-15(12,13)11-9-3-6-14-7-4-9/h9-11H,2-8H2,1H3. The Hall–Kier alpha value is 0.220. The topological polar surface area (TPSA) is 58.2 Å². The fourth-order valence-electron chi connectivity index (χ4n) is 1.51. The lowest BCUT2D eigenvalue weighted by atomic mass is 10.2. The minimum Gasteiger partial charge on any atom is -0.316 e. The Bertz CT molecular complexity index is 261. The molecule has 15 heavy (non-hydrogen) atoms. The summed E-state index contributed by atoms with van der Waals surface area (Å²) in [4.78, 5) is 0. The minimum atomic E-state index is -3.08. The van der Waals surface area contributed by atoms with E-state index in [4.69, 9.17) is 0 Å². The maximum Gasteiger partial charge on any atom is 0.213 e. The van der Waals surface area contributed by atoms with Crippen molar-refractivity contribution in [3.63, 3.8) is 0 Å². The van der Waals surface area contributed by atoms with Gasteiger partial charge >= 0.3 is 0 Å². The quantitative estimate of drug-likeness (QED) is 0.672. The van der Waals surface area contributed by atoms with Gasteiger partial charge in [-0.05, 0) is 30.9 Å². The molecule has 90 valence electrons. The molecule has 4 nitrogen and oxygen atoms in total. The van der Waals surface area contributed by atoms with Crippen LogP contribution in [0.3, 0.4) is 0 Å². The van der Waals surface area contributed by atoms with E-state index in [0.29, 0.717) is 6.54 Å². The summed E-state index contributed by atoms with van der Waals surface area (Å²) in [6.07, 6.45) is 1.93. The van der Waals surface area contributed by atoms with Crippen LogP contribution in [0, 0.1) is 0 Å². The molecule has 0 aromatic rings. The molecule has 1 aliphatic heterocycles. The third-order valence-corrected chi connectivity index (χ3v) is 4.85. The van der Waals surface area contributed by atoms with Gasteiger partial charge in [-0.1, -0.05) is 6.92 Å². The van der Waals surface area contributed by atoms with E-state index in [1.165, 1.54) is 0 Å². The predicted octanol–water partition coefficient (Wildman–Crippen LogP) is 0.411. The van der Waals surface area contributed by atoms with Gasteiger partial charge in [0.25, 0.3) is 0 Å². The van der Waals surface area contributed by atoms with E-state index in [0.717, 1.165) is 30.9 Å². The van der Waals surface area contributed by atoms with Crippen LogP contribution >= 0.6 is 11.8 Å². The molecule has 1 rings (SSSR count). The number of nitrogens with one attached hydrogen (secondary N) is 2. The van der Waals surface area contributed by atoms with Gasteiger partial charge < -0.3 is 5.32 Å². The maximum absolute atomic E-state index is 11.6. The summed E-state index contributed by atoms with van der Waals surface area (Å²) in [5, 5.41) is 3.02. The van der Waals surface area contributed by atoms with Crippen LogP contribution in [-0.2, 0) is 10.0 Å². The Morgan fingerprint density at radius 1 is 1.33 bits per heavy atom. The van der Waals surface area contributed by atoms with E-state index in [9.17, 15) is 8.42 Å². The molecule has 2 N–H and O–H groups in total. The zero-order valence-electron chi connectivity index (χ0n) is 9.16. The summed E-state index contributed by atoms with van der Waals surface area (Å²) in [7, 11) is -3.08. The molecule has 1 fully saturated rings. The SMILES string of the molecule is CCNCCS(=O)(=O)NC1CCSCC1. The fourth-order valence-corrected chi connectivity index (χ4v) is 3.89. The molecule has 0 saturated carbocycles. The lowest BCUT2D eigenvalue weighted by molar-refractivity contribution is 0.527. The summed E-state index contributed by atoms with van der Waals surface area (Å²) in [6, 6.07) is 0.165. The van der Waals surface area contributed by atoms with Gasteiger partial charge in [0, 0.05) is 12.6 Å². The third-order valence-electron chi connectivity index (χ3n) is 2.37. The second kappa shape index (κ2) is 6.73. The van der Waals surface area contributed by atoms with Gasteiger partial charge in [0.05, 0.1) is 5.75 Å². The summed E-state index contributed by atoms with van der Waals surface area (Å²) in [5.41, 5.74) is 0. The number of sulfonamides is 1. The number of thioether (sulfide) groups is 1. The predicted molar refractivity (Wildman–Crippen MR) is 65.8 cm³/mol. The molecule has 0 radical (unpaired) electrons. The van der Waals surface area contributed by atoms with Crippen molar-refractivity contribution >= 4 is 21.8 Å². The second-order valence-corrected chi connectivity index (χ2v) is 6.78. The van der Waals surface area contributed by atoms with Gasteiger partial charge in [0.2, 0.25) is 10.0 Å². The summed E-state index contributed by atoms with van der Waals surface area (Å²) in [5.74, 6) is 2.32. The molecule has 1 aliphatic rings. The fraction of sp³-hybridized carbons (Fsp3) is 1.00. The molecule has 6 heteroatoms. The molecule has 1 heterocycles. The van der Waals surface area contributed by atoms with Crippen LogP contribution < -0.4 is 10.0 Å². The van der Waals surface area contributed by atoms with Gasteiger partial charge in [0.15, 0.2) is 0 Å². The van der Waals surface area contributed by atoms with Crippen molar-refractivity contribution in [2.75, 3.05) is 30.3 Å². The highest BCUT2D eigenvalue weighted by Gasteiger charge is 2.19. The molecule has 0 aromatic heterocycles. The molecule has 0 unspecified atom stereocenters. The Balaban J connectivity index is 2.27. The van der Waals surface area contributed by atoms with Crippen LogP contribution in [0.15, 0.2) is 0 Å². The zero-order valence-corrected chi connectivity index (χ0v) is 10.8. The van der Waals surface area contributed by atoms with E-state index < -0.39 is 10.0 Å². The molecular weight excluding hydrogens is 232 g/mol. The Labute approximate surface area is 96.6 Å². The number of hydrogen-bond donors (Lipinski definition) is 2. The summed E-state index contributed by atoms with van der Waals surface area (Å²) < 4.78 is 26.0. The zero-order chi connectivity index (χ0) is 11.1. The van der Waals surface area contributed by atoms with Gasteiger partial charge in [0.1, 0.15) is 0 Å². The van der Waals surface area contributed by atoms with E-state index in [1.54, 1.807) is 0 Å². The van der Waals surface area contributed by atoms with Crippen molar-refractivity contribution in [1.29, 1.82) is 0 Å². The van der Waals surface area contributed by atoms with E-state index in [1.807, 2.05) is 18.7 Å². The lowest BCUT2D eigenvalue weighted by Crippen LogP contribution is -2.40. The van der Waals surface area contributed by atoms with Crippen molar-refractivity contribution in [3.05, 3.63) is 0 Å². The highest BCUT2D eigenvalue weighted by Crippen LogP contribution is 2.17. The molecular formula is C9H20N2O2S2. The average Bonchev–Trinajstić information content (AvgIpc) is 2.18. The van der Waals surface area contributed by atoms with Gasteiger partial charge in [-0.2, -0.15) is 11.8 Å². The molecule has 0 atom stereocenters. The van der Waals surface area contributed by atoms with E-state index >= 15 is 0 Å². The smallest absolute Gasteiger partial charge is 0.213 e. The third kappa shape index (κ3) is 5.75. The highest BCUT2D eigenvalue weighted by molar-refractivity contribution is 7.99. The van der Waals surface area contributed by atoms with Crippen LogP contribution in [-0.4, -0.2) is 44.8 Å². The first kappa shape index (κ1) is 13.3. The number of hydrogen-bond acceptors (Lipinski definition) is 4. The normalized spacial score (nSPS) is 19.3. The van der Waals surface area contributed by atoms with Crippen LogP contribution in [0.1, 0.15) is 19.8 Å². The Kier molecular flexibility index (Phi) is 5.96. The van der Waals surface area contributed by atoms with Crippen LogP contribution in [0.5, 0.6) is 0 Å². The van der Waals surface area contributed by atoms with Crippen LogP contribution in [0.4, 0.5) is 0 Å². The molecule has 0 aromatic carbocycles. The molecule has 0 bridgehead atoms. The Morgan fingerprint density at radius 3 is 2.60 bits per heavy atom. The van der Waals surface area contributed by atoms with Gasteiger partial charge in [-0.3, -0.25) is 0 Å². The molecule has 0 amide bonds. The summed E-state index contributed by atoms with van der Waals surface area (Å²) >= 11 is 1.90. The average molecular weight is 252 g/mol. The lowest BCUT2D eigenvalue weighted by Gasteiger charge is -2.22. The molecule has 0 aliphatic carbocycles. The molecule has 1 saturated heterocycles. The van der Waals surface area contributed by atoms with E-state index in [-0.39, 0.29) is 11.8 Å². The van der Waals surface area contributed by atoms with Crippen LogP contribution in [0.2, 0.25) is 0 Å².